The molecule has 4 heteroatoms. The predicted molar refractivity (Wildman–Crippen MR) is 72.5 cm³/mol. The van der Waals surface area contributed by atoms with Crippen LogP contribution < -0.4 is 0 Å². The summed E-state index contributed by atoms with van der Waals surface area (Å²) in [5.74, 6) is -0.488. The molecule has 0 aromatic rings. The molecule has 0 unspecified atom stereocenters. The van der Waals surface area contributed by atoms with Crippen molar-refractivity contribution in [3.8, 4) is 0 Å². The van der Waals surface area contributed by atoms with Crippen LogP contribution in [0.1, 0.15) is 39.5 Å². The van der Waals surface area contributed by atoms with Crippen LogP contribution in [0.25, 0.3) is 0 Å². The van der Waals surface area contributed by atoms with Crippen molar-refractivity contribution < 1.29 is 18.9 Å². The summed E-state index contributed by atoms with van der Waals surface area (Å²) in [5, 5.41) is 0. The van der Waals surface area contributed by atoms with E-state index < -0.39 is 5.79 Å². The highest BCUT2D eigenvalue weighted by Gasteiger charge is 2.20. The van der Waals surface area contributed by atoms with E-state index in [2.05, 4.69) is 13.0 Å². The van der Waals surface area contributed by atoms with Gasteiger partial charge in [-0.05, 0) is 26.7 Å². The molecule has 0 spiro atoms. The zero-order valence-electron chi connectivity index (χ0n) is 12.6. The van der Waals surface area contributed by atoms with Crippen molar-refractivity contribution in [1.29, 1.82) is 0 Å². The summed E-state index contributed by atoms with van der Waals surface area (Å²) in [6, 6.07) is 0. The van der Waals surface area contributed by atoms with Gasteiger partial charge in [-0.3, -0.25) is 0 Å². The highest BCUT2D eigenvalue weighted by molar-refractivity contribution is 4.98. The molecule has 0 saturated carbocycles. The van der Waals surface area contributed by atoms with Crippen LogP contribution in [-0.2, 0) is 18.9 Å². The maximum Gasteiger partial charge on any atom is 0.165 e. The third-order valence-electron chi connectivity index (χ3n) is 3.26. The summed E-state index contributed by atoms with van der Waals surface area (Å²) in [6.07, 6.45) is 5.74. The summed E-state index contributed by atoms with van der Waals surface area (Å²) in [4.78, 5) is 0. The largest absolute Gasteiger partial charge is 0.356 e. The van der Waals surface area contributed by atoms with Gasteiger partial charge in [0.25, 0.3) is 0 Å². The molecule has 4 nitrogen and oxygen atoms in total. The van der Waals surface area contributed by atoms with Crippen LogP contribution in [0.15, 0.2) is 11.6 Å². The van der Waals surface area contributed by atoms with Gasteiger partial charge >= 0.3 is 0 Å². The van der Waals surface area contributed by atoms with E-state index in [0.29, 0.717) is 0 Å². The quantitative estimate of drug-likeness (QED) is 0.447. The standard InChI is InChI=1S/C14H28O4/c1-12(9-10-13(15-3)16-4)8-7-11-14(2,17-5)18-6/h8,13H,7,9-11H2,1-6H3. The molecule has 0 N–H and O–H groups in total. The van der Waals surface area contributed by atoms with Crippen molar-refractivity contribution in [1.82, 2.24) is 0 Å². The topological polar surface area (TPSA) is 36.9 Å². The van der Waals surface area contributed by atoms with Crippen molar-refractivity contribution >= 4 is 0 Å². The highest BCUT2D eigenvalue weighted by atomic mass is 16.7. The van der Waals surface area contributed by atoms with E-state index >= 15 is 0 Å². The van der Waals surface area contributed by atoms with Crippen molar-refractivity contribution in [3.63, 3.8) is 0 Å². The number of methoxy groups -OCH3 is 4. The first kappa shape index (κ1) is 17.6. The fourth-order valence-electron chi connectivity index (χ4n) is 1.65. The molecular weight excluding hydrogens is 232 g/mol. The van der Waals surface area contributed by atoms with Gasteiger partial charge < -0.3 is 18.9 Å². The average Bonchev–Trinajstić information content (AvgIpc) is 2.39. The van der Waals surface area contributed by atoms with Gasteiger partial charge in [0.05, 0.1) is 0 Å². The summed E-state index contributed by atoms with van der Waals surface area (Å²) in [5.41, 5.74) is 1.34. The SMILES string of the molecule is COC(CCC(C)=CCCC(C)(OC)OC)OC. The van der Waals surface area contributed by atoms with E-state index in [-0.39, 0.29) is 6.29 Å². The Hall–Kier alpha value is -0.420. The Kier molecular flexibility index (Phi) is 9.28. The predicted octanol–water partition coefficient (Wildman–Crippen LogP) is 3.12. The van der Waals surface area contributed by atoms with Gasteiger partial charge in [0.15, 0.2) is 12.1 Å². The van der Waals surface area contributed by atoms with Gasteiger partial charge in [-0.15, -0.1) is 0 Å². The molecule has 0 atom stereocenters. The Labute approximate surface area is 111 Å². The molecule has 0 aliphatic rings. The van der Waals surface area contributed by atoms with Gasteiger partial charge in [0.1, 0.15) is 0 Å². The van der Waals surface area contributed by atoms with Crippen molar-refractivity contribution in [2.24, 2.45) is 0 Å². The third kappa shape index (κ3) is 7.11. The van der Waals surface area contributed by atoms with Crippen LogP contribution in [-0.4, -0.2) is 40.5 Å². The van der Waals surface area contributed by atoms with E-state index in [1.54, 1.807) is 28.4 Å². The molecule has 0 radical (unpaired) electrons. The molecule has 0 saturated heterocycles. The smallest absolute Gasteiger partial charge is 0.165 e. The van der Waals surface area contributed by atoms with E-state index in [9.17, 15) is 0 Å². The zero-order chi connectivity index (χ0) is 14.0. The maximum atomic E-state index is 5.31. The minimum atomic E-state index is -0.488. The van der Waals surface area contributed by atoms with Gasteiger partial charge in [-0.2, -0.15) is 0 Å². The summed E-state index contributed by atoms with van der Waals surface area (Å²) < 4.78 is 20.9. The maximum absolute atomic E-state index is 5.31. The first-order valence-electron chi connectivity index (χ1n) is 6.32. The molecule has 0 aromatic heterocycles. The van der Waals surface area contributed by atoms with Gasteiger partial charge in [0, 0.05) is 41.3 Å². The van der Waals surface area contributed by atoms with Gasteiger partial charge in [0.2, 0.25) is 0 Å². The Balaban J connectivity index is 3.97. The van der Waals surface area contributed by atoms with Crippen molar-refractivity contribution in [3.05, 3.63) is 11.6 Å². The fourth-order valence-corrected chi connectivity index (χ4v) is 1.65. The molecule has 0 aromatic carbocycles. The fraction of sp³-hybridized carbons (Fsp3) is 0.857. The zero-order valence-corrected chi connectivity index (χ0v) is 12.6. The van der Waals surface area contributed by atoms with Crippen molar-refractivity contribution in [2.75, 3.05) is 28.4 Å². The van der Waals surface area contributed by atoms with E-state index in [1.165, 1.54) is 5.57 Å². The molecule has 0 aliphatic heterocycles. The van der Waals surface area contributed by atoms with E-state index in [1.807, 2.05) is 6.92 Å². The number of hydrogen-bond acceptors (Lipinski definition) is 4. The molecule has 18 heavy (non-hydrogen) atoms. The average molecular weight is 260 g/mol. The summed E-state index contributed by atoms with van der Waals surface area (Å²) in [7, 11) is 6.66. The second-order valence-electron chi connectivity index (χ2n) is 4.57. The molecule has 0 aliphatic carbocycles. The molecule has 0 amide bonds. The normalized spacial score (nSPS) is 13.4. The number of rotatable bonds is 10. The lowest BCUT2D eigenvalue weighted by atomic mass is 10.1. The number of allylic oxidation sites excluding steroid dienone is 2. The molecule has 0 rings (SSSR count). The molecular formula is C14H28O4. The molecule has 0 fully saturated rings. The highest BCUT2D eigenvalue weighted by Crippen LogP contribution is 2.19. The van der Waals surface area contributed by atoms with Crippen LogP contribution in [0.5, 0.6) is 0 Å². The minimum Gasteiger partial charge on any atom is -0.356 e. The first-order chi connectivity index (χ1) is 8.51. The number of ether oxygens (including phenoxy) is 4. The summed E-state index contributed by atoms with van der Waals surface area (Å²) >= 11 is 0. The number of hydrogen-bond donors (Lipinski definition) is 0. The lowest BCUT2D eigenvalue weighted by Crippen LogP contribution is -2.29. The van der Waals surface area contributed by atoms with Crippen LogP contribution in [0, 0.1) is 0 Å². The second-order valence-corrected chi connectivity index (χ2v) is 4.57. The Morgan fingerprint density at radius 3 is 2.11 bits per heavy atom. The van der Waals surface area contributed by atoms with Crippen LogP contribution in [0.4, 0.5) is 0 Å². The third-order valence-corrected chi connectivity index (χ3v) is 3.26. The Morgan fingerprint density at radius 2 is 1.67 bits per heavy atom. The van der Waals surface area contributed by atoms with Crippen LogP contribution in [0.2, 0.25) is 0 Å². The van der Waals surface area contributed by atoms with E-state index in [0.717, 1.165) is 25.7 Å². The second kappa shape index (κ2) is 9.50. The van der Waals surface area contributed by atoms with Gasteiger partial charge in [-0.1, -0.05) is 11.6 Å². The molecule has 0 heterocycles. The van der Waals surface area contributed by atoms with Gasteiger partial charge in [-0.25, -0.2) is 0 Å². The lowest BCUT2D eigenvalue weighted by molar-refractivity contribution is -0.196. The Bertz CT molecular complexity index is 230. The minimum absolute atomic E-state index is 0.114. The summed E-state index contributed by atoms with van der Waals surface area (Å²) in [6.45, 7) is 4.07. The van der Waals surface area contributed by atoms with Crippen molar-refractivity contribution in [2.45, 2.75) is 51.6 Å². The van der Waals surface area contributed by atoms with E-state index in [4.69, 9.17) is 18.9 Å². The Morgan fingerprint density at radius 1 is 1.11 bits per heavy atom. The monoisotopic (exact) mass is 260 g/mol. The first-order valence-corrected chi connectivity index (χ1v) is 6.32. The molecule has 108 valence electrons. The van der Waals surface area contributed by atoms with Crippen LogP contribution in [0.3, 0.4) is 0 Å². The molecule has 0 bridgehead atoms. The lowest BCUT2D eigenvalue weighted by Gasteiger charge is -2.25. The van der Waals surface area contributed by atoms with Crippen LogP contribution >= 0.6 is 0 Å².